The second-order valence-corrected chi connectivity index (χ2v) is 14.5. The molecule has 0 bridgehead atoms. The first-order valence-corrected chi connectivity index (χ1v) is 16.9. The van der Waals surface area contributed by atoms with Crippen LogP contribution in [-0.2, 0) is 31.0 Å². The van der Waals surface area contributed by atoms with Gasteiger partial charge in [-0.3, -0.25) is 4.79 Å². The van der Waals surface area contributed by atoms with Gasteiger partial charge in [-0.15, -0.1) is 0 Å². The Morgan fingerprint density at radius 3 is 2.63 bits per heavy atom. The maximum absolute atomic E-state index is 12.7. The first kappa shape index (κ1) is 28.8. The molecule has 2 aromatic heterocycles. The average molecular weight is 618 g/mol. The van der Waals surface area contributed by atoms with Crippen molar-refractivity contribution < 1.29 is 26.4 Å². The summed E-state index contributed by atoms with van der Waals surface area (Å²) >= 11 is 6.52. The molecule has 2 aromatic carbocycles. The van der Waals surface area contributed by atoms with Gasteiger partial charge in [0.05, 0.1) is 21.2 Å². The summed E-state index contributed by atoms with van der Waals surface area (Å²) in [6.45, 7) is 0.581. The van der Waals surface area contributed by atoms with Crippen LogP contribution in [0, 0.1) is 5.92 Å². The average Bonchev–Trinajstić information content (AvgIpc) is 3.60. The van der Waals surface area contributed by atoms with Gasteiger partial charge in [-0.05, 0) is 61.2 Å². The van der Waals surface area contributed by atoms with Gasteiger partial charge in [0.25, 0.3) is 0 Å². The number of hydrogen-bond donors (Lipinski definition) is 2. The predicted molar refractivity (Wildman–Crippen MR) is 156 cm³/mol. The van der Waals surface area contributed by atoms with Crippen LogP contribution >= 0.6 is 11.6 Å². The van der Waals surface area contributed by atoms with E-state index in [0.29, 0.717) is 45.6 Å². The van der Waals surface area contributed by atoms with Crippen LogP contribution < -0.4 is 15.4 Å². The monoisotopic (exact) mass is 617 g/mol. The lowest BCUT2D eigenvalue weighted by Crippen LogP contribution is -2.32. The molecule has 1 fully saturated rings. The van der Waals surface area contributed by atoms with E-state index >= 15 is 0 Å². The minimum Gasteiger partial charge on any atom is -0.456 e. The van der Waals surface area contributed by atoms with Crippen molar-refractivity contribution in [2.24, 2.45) is 5.92 Å². The van der Waals surface area contributed by atoms with Crippen molar-refractivity contribution in [1.82, 2.24) is 19.9 Å². The zero-order valence-corrected chi connectivity index (χ0v) is 24.5. The Morgan fingerprint density at radius 1 is 1.10 bits per heavy atom. The molecule has 0 spiro atoms. The summed E-state index contributed by atoms with van der Waals surface area (Å²) in [5, 5.41) is 6.13. The van der Waals surface area contributed by atoms with Crippen LogP contribution in [0.2, 0.25) is 5.02 Å². The molecule has 0 unspecified atom stereocenters. The molecule has 1 saturated carbocycles. The lowest BCUT2D eigenvalue weighted by atomic mass is 10.3. The maximum Gasteiger partial charge on any atom is 0.235 e. The van der Waals surface area contributed by atoms with Crippen molar-refractivity contribution in [1.29, 1.82) is 0 Å². The minimum atomic E-state index is -3.41. The number of hydrogen-bond acceptors (Lipinski definition) is 9. The SMILES string of the molecule is CS(=O)(=O)CC(=O)NCCn1ccc2ncnc(Nc3ccc(Oc4cccc(S(=O)(=O)CC5CC5)c4)c(Cl)c3)c21. The highest BCUT2D eigenvalue weighted by Gasteiger charge is 2.29. The van der Waals surface area contributed by atoms with Crippen LogP contribution in [0.5, 0.6) is 11.5 Å². The maximum atomic E-state index is 12.7. The fraction of sp³-hybridized carbons (Fsp3) is 0.296. The predicted octanol–water partition coefficient (Wildman–Crippen LogP) is 3.97. The van der Waals surface area contributed by atoms with E-state index in [-0.39, 0.29) is 23.1 Å². The van der Waals surface area contributed by atoms with Gasteiger partial charge in [0.2, 0.25) is 5.91 Å². The zero-order valence-electron chi connectivity index (χ0n) is 22.1. The number of fused-ring (bicyclic) bond motifs is 1. The number of nitrogens with zero attached hydrogens (tertiary/aromatic N) is 3. The Labute approximate surface area is 242 Å². The number of amides is 1. The molecule has 216 valence electrons. The van der Waals surface area contributed by atoms with Gasteiger partial charge in [-0.2, -0.15) is 0 Å². The molecular weight excluding hydrogens is 590 g/mol. The van der Waals surface area contributed by atoms with Crippen molar-refractivity contribution >= 4 is 59.7 Å². The van der Waals surface area contributed by atoms with E-state index < -0.39 is 31.3 Å². The van der Waals surface area contributed by atoms with Crippen LogP contribution in [0.3, 0.4) is 0 Å². The Kier molecular flexibility index (Phi) is 8.20. The van der Waals surface area contributed by atoms with Gasteiger partial charge in [-0.25, -0.2) is 26.8 Å². The first-order chi connectivity index (χ1) is 19.5. The number of rotatable bonds is 12. The third kappa shape index (κ3) is 7.54. The molecule has 1 aliphatic rings. The number of aromatic nitrogens is 3. The van der Waals surface area contributed by atoms with Gasteiger partial charge < -0.3 is 19.9 Å². The molecule has 14 heteroatoms. The molecular formula is C27H28ClN5O6S2. The van der Waals surface area contributed by atoms with E-state index in [9.17, 15) is 21.6 Å². The largest absolute Gasteiger partial charge is 0.456 e. The third-order valence-electron chi connectivity index (χ3n) is 6.36. The highest BCUT2D eigenvalue weighted by molar-refractivity contribution is 7.91. The molecule has 0 radical (unpaired) electrons. The van der Waals surface area contributed by atoms with Crippen LogP contribution in [0.4, 0.5) is 11.5 Å². The molecule has 2 N–H and O–H groups in total. The number of halogens is 1. The molecule has 41 heavy (non-hydrogen) atoms. The van der Waals surface area contributed by atoms with Crippen LogP contribution in [-0.4, -0.2) is 61.6 Å². The van der Waals surface area contributed by atoms with Gasteiger partial charge in [0.1, 0.15) is 29.1 Å². The van der Waals surface area contributed by atoms with E-state index in [0.717, 1.165) is 19.1 Å². The molecule has 0 saturated heterocycles. The van der Waals surface area contributed by atoms with Gasteiger partial charge in [0, 0.05) is 31.2 Å². The topological polar surface area (TPSA) is 149 Å². The van der Waals surface area contributed by atoms with E-state index in [1.54, 1.807) is 42.6 Å². The fourth-order valence-electron chi connectivity index (χ4n) is 4.26. The number of anilines is 2. The summed E-state index contributed by atoms with van der Waals surface area (Å²) in [7, 11) is -6.79. The number of carbonyl (C=O) groups is 1. The van der Waals surface area contributed by atoms with E-state index in [1.807, 2.05) is 10.6 Å². The molecule has 4 aromatic rings. The molecule has 1 amide bonds. The molecule has 0 atom stereocenters. The van der Waals surface area contributed by atoms with Gasteiger partial charge >= 0.3 is 0 Å². The van der Waals surface area contributed by atoms with Crippen molar-refractivity contribution in [2.75, 3.05) is 29.6 Å². The van der Waals surface area contributed by atoms with Crippen LogP contribution in [0.15, 0.2) is 66.0 Å². The van der Waals surface area contributed by atoms with E-state index in [2.05, 4.69) is 20.6 Å². The Bertz CT molecular complexity index is 1820. The van der Waals surface area contributed by atoms with Crippen molar-refractivity contribution in [3.8, 4) is 11.5 Å². The molecule has 0 aliphatic heterocycles. The molecule has 5 rings (SSSR count). The van der Waals surface area contributed by atoms with Crippen LogP contribution in [0.25, 0.3) is 11.0 Å². The second kappa shape index (κ2) is 11.7. The number of sulfone groups is 2. The smallest absolute Gasteiger partial charge is 0.235 e. The first-order valence-electron chi connectivity index (χ1n) is 12.8. The van der Waals surface area contributed by atoms with Gasteiger partial charge in [0.15, 0.2) is 25.5 Å². The summed E-state index contributed by atoms with van der Waals surface area (Å²) in [5.74, 6) is 0.475. The Balaban J connectivity index is 1.28. The van der Waals surface area contributed by atoms with Crippen LogP contribution in [0.1, 0.15) is 12.8 Å². The summed E-state index contributed by atoms with van der Waals surface area (Å²) in [5.41, 5.74) is 1.98. The standard InChI is InChI=1S/C27H28ClN5O6S2/c1-40(35,36)16-25(34)29-10-12-33-11-9-23-26(33)27(31-17-30-23)32-19-7-8-24(22(28)13-19)39-20-3-2-4-21(14-20)41(37,38)15-18-5-6-18/h2-4,7-9,11,13-14,17-18H,5-6,10,12,15-16H2,1H3,(H,29,34)(H,30,31,32). The minimum absolute atomic E-state index is 0.148. The summed E-state index contributed by atoms with van der Waals surface area (Å²) in [4.78, 5) is 20.7. The number of benzene rings is 2. The molecule has 1 aliphatic carbocycles. The highest BCUT2D eigenvalue weighted by Crippen LogP contribution is 2.36. The van der Waals surface area contributed by atoms with Crippen molar-refractivity contribution in [3.63, 3.8) is 0 Å². The second-order valence-electron chi connectivity index (χ2n) is 9.96. The van der Waals surface area contributed by atoms with E-state index in [4.69, 9.17) is 16.3 Å². The Morgan fingerprint density at radius 2 is 1.90 bits per heavy atom. The van der Waals surface area contributed by atoms with Gasteiger partial charge in [-0.1, -0.05) is 17.7 Å². The van der Waals surface area contributed by atoms with Crippen molar-refractivity contribution in [2.45, 2.75) is 24.3 Å². The normalized spacial score (nSPS) is 13.7. The third-order valence-corrected chi connectivity index (χ3v) is 9.32. The number of ether oxygens (including phenoxy) is 1. The number of nitrogens with one attached hydrogen (secondary N) is 2. The summed E-state index contributed by atoms with van der Waals surface area (Å²) < 4.78 is 55.7. The Hall–Kier alpha value is -3.68. The highest BCUT2D eigenvalue weighted by atomic mass is 35.5. The lowest BCUT2D eigenvalue weighted by molar-refractivity contribution is -0.118. The summed E-state index contributed by atoms with van der Waals surface area (Å²) in [6.07, 6.45) is 6.13. The van der Waals surface area contributed by atoms with E-state index in [1.165, 1.54) is 12.4 Å². The number of carbonyl (C=O) groups excluding carboxylic acids is 1. The quantitative estimate of drug-likeness (QED) is 0.241. The summed E-state index contributed by atoms with van der Waals surface area (Å²) in [6, 6.07) is 13.3. The zero-order chi connectivity index (χ0) is 29.2. The lowest BCUT2D eigenvalue weighted by Gasteiger charge is -2.13. The molecule has 2 heterocycles. The fourth-order valence-corrected chi connectivity index (χ4v) is 6.79. The molecule has 11 nitrogen and oxygen atoms in total. The van der Waals surface area contributed by atoms with Crippen molar-refractivity contribution in [3.05, 3.63) is 66.1 Å².